The predicted octanol–water partition coefficient (Wildman–Crippen LogP) is 4.97. The van der Waals surface area contributed by atoms with Crippen molar-refractivity contribution in [2.75, 3.05) is 11.9 Å². The average Bonchev–Trinajstić information content (AvgIpc) is 3.09. The second kappa shape index (κ2) is 8.92. The highest BCUT2D eigenvalue weighted by atomic mass is 35.5. The zero-order valence-electron chi connectivity index (χ0n) is 16.4. The number of amides is 1. The van der Waals surface area contributed by atoms with Crippen molar-refractivity contribution in [3.63, 3.8) is 0 Å². The fourth-order valence-corrected chi connectivity index (χ4v) is 3.26. The molecule has 0 atom stereocenters. The zero-order chi connectivity index (χ0) is 21.0. The molecule has 0 radical (unpaired) electrons. The van der Waals surface area contributed by atoms with Gasteiger partial charge in [-0.05, 0) is 37.5 Å². The highest BCUT2D eigenvalue weighted by molar-refractivity contribution is 6.33. The summed E-state index contributed by atoms with van der Waals surface area (Å²) in [4.78, 5) is 25.0. The number of ether oxygens (including phenoxy) is 1. The number of carbonyl (C=O) groups is 2. The van der Waals surface area contributed by atoms with Crippen LogP contribution in [0.2, 0.25) is 5.02 Å². The van der Waals surface area contributed by atoms with Crippen molar-refractivity contribution in [2.24, 2.45) is 0 Å². The highest BCUT2D eigenvalue weighted by Crippen LogP contribution is 2.31. The summed E-state index contributed by atoms with van der Waals surface area (Å²) in [5.41, 5.74) is 3.69. The summed E-state index contributed by atoms with van der Waals surface area (Å²) in [6.07, 6.45) is 0.776. The summed E-state index contributed by atoms with van der Waals surface area (Å²) >= 11 is 6.21. The number of nitrogens with one attached hydrogen (secondary N) is 1. The molecule has 0 aliphatic heterocycles. The lowest BCUT2D eigenvalue weighted by Crippen LogP contribution is -2.22. The third-order valence-corrected chi connectivity index (χ3v) is 4.86. The minimum Gasteiger partial charge on any atom is -0.452 e. The lowest BCUT2D eigenvalue weighted by molar-refractivity contribution is -0.119. The van der Waals surface area contributed by atoms with Gasteiger partial charge in [0.05, 0.1) is 5.02 Å². The average molecular weight is 413 g/mol. The lowest BCUT2D eigenvalue weighted by Gasteiger charge is -2.13. The Morgan fingerprint density at radius 1 is 1.14 bits per heavy atom. The molecule has 7 heteroatoms. The van der Waals surface area contributed by atoms with Crippen LogP contribution in [-0.2, 0) is 16.0 Å². The van der Waals surface area contributed by atoms with Crippen molar-refractivity contribution in [3.8, 4) is 11.3 Å². The highest BCUT2D eigenvalue weighted by Gasteiger charge is 2.25. The van der Waals surface area contributed by atoms with Gasteiger partial charge in [0.1, 0.15) is 17.0 Å². The van der Waals surface area contributed by atoms with Gasteiger partial charge in [-0.25, -0.2) is 4.79 Å². The molecule has 150 valence electrons. The van der Waals surface area contributed by atoms with E-state index >= 15 is 0 Å². The first-order valence-electron chi connectivity index (χ1n) is 9.19. The fraction of sp³-hybridized carbons (Fsp3) is 0.227. The molecule has 1 N–H and O–H groups in total. The number of hydrogen-bond donors (Lipinski definition) is 1. The summed E-state index contributed by atoms with van der Waals surface area (Å²) in [6, 6.07) is 12.8. The normalized spacial score (nSPS) is 10.6. The van der Waals surface area contributed by atoms with E-state index in [-0.39, 0.29) is 17.0 Å². The van der Waals surface area contributed by atoms with Gasteiger partial charge in [-0.3, -0.25) is 4.79 Å². The summed E-state index contributed by atoms with van der Waals surface area (Å²) in [5, 5.41) is 7.19. The van der Waals surface area contributed by atoms with Crippen molar-refractivity contribution >= 4 is 29.2 Å². The Morgan fingerprint density at radius 3 is 2.62 bits per heavy atom. The van der Waals surface area contributed by atoms with Gasteiger partial charge >= 0.3 is 5.97 Å². The van der Waals surface area contributed by atoms with Crippen LogP contribution >= 0.6 is 11.6 Å². The van der Waals surface area contributed by atoms with Gasteiger partial charge in [0.25, 0.3) is 5.91 Å². The fourth-order valence-electron chi connectivity index (χ4n) is 3.03. The topological polar surface area (TPSA) is 81.4 Å². The summed E-state index contributed by atoms with van der Waals surface area (Å²) in [5.74, 6) is -0.831. The first-order chi connectivity index (χ1) is 13.9. The maximum absolute atomic E-state index is 12.6. The number of hydrogen-bond acceptors (Lipinski definition) is 5. The Bertz CT molecular complexity index is 1060. The smallest absolute Gasteiger partial charge is 0.344 e. The molecule has 0 aliphatic carbocycles. The number of carbonyl (C=O) groups excluding carboxylic acids is 2. The maximum Gasteiger partial charge on any atom is 0.344 e. The first-order valence-corrected chi connectivity index (χ1v) is 9.56. The van der Waals surface area contributed by atoms with E-state index in [1.807, 2.05) is 32.0 Å². The number of para-hydroxylation sites is 1. The van der Waals surface area contributed by atoms with Crippen LogP contribution in [0.1, 0.15) is 34.2 Å². The quantitative estimate of drug-likeness (QED) is 0.578. The van der Waals surface area contributed by atoms with Crippen molar-refractivity contribution in [1.82, 2.24) is 5.16 Å². The minimum atomic E-state index is -0.700. The van der Waals surface area contributed by atoms with E-state index < -0.39 is 18.5 Å². The second-order valence-electron chi connectivity index (χ2n) is 6.53. The number of nitrogens with zero attached hydrogens (tertiary/aromatic N) is 1. The van der Waals surface area contributed by atoms with Crippen LogP contribution in [0.3, 0.4) is 0 Å². The van der Waals surface area contributed by atoms with E-state index in [1.165, 1.54) is 0 Å². The van der Waals surface area contributed by atoms with Crippen molar-refractivity contribution in [1.29, 1.82) is 0 Å². The van der Waals surface area contributed by atoms with E-state index in [2.05, 4.69) is 10.5 Å². The monoisotopic (exact) mass is 412 g/mol. The van der Waals surface area contributed by atoms with Crippen LogP contribution in [-0.4, -0.2) is 23.6 Å². The van der Waals surface area contributed by atoms with Gasteiger partial charge in [0.15, 0.2) is 6.61 Å². The summed E-state index contributed by atoms with van der Waals surface area (Å²) in [7, 11) is 0. The SMILES string of the molecule is CCc1cccc(C)c1NC(=O)COC(=O)c1c(-c2ccccc2Cl)noc1C. The second-order valence-corrected chi connectivity index (χ2v) is 6.94. The predicted molar refractivity (Wildman–Crippen MR) is 111 cm³/mol. The molecule has 2 aromatic carbocycles. The Morgan fingerprint density at radius 2 is 1.90 bits per heavy atom. The van der Waals surface area contributed by atoms with Gasteiger partial charge in [0.2, 0.25) is 0 Å². The number of esters is 1. The van der Waals surface area contributed by atoms with Gasteiger partial charge in [-0.15, -0.1) is 0 Å². The number of aromatic nitrogens is 1. The molecule has 0 fully saturated rings. The van der Waals surface area contributed by atoms with Crippen LogP contribution in [0.25, 0.3) is 11.3 Å². The molecule has 3 rings (SSSR count). The minimum absolute atomic E-state index is 0.149. The first kappa shape index (κ1) is 20.6. The molecule has 0 saturated carbocycles. The maximum atomic E-state index is 12.6. The van der Waals surface area contributed by atoms with Crippen LogP contribution < -0.4 is 5.32 Å². The lowest BCUT2D eigenvalue weighted by atomic mass is 10.1. The van der Waals surface area contributed by atoms with Crippen LogP contribution in [0.15, 0.2) is 47.0 Å². The standard InChI is InChI=1S/C22H21ClN2O4/c1-4-15-9-7-8-13(2)20(15)24-18(26)12-28-22(27)19-14(3)29-25-21(19)16-10-5-6-11-17(16)23/h5-11H,4,12H2,1-3H3,(H,24,26). The van der Waals surface area contributed by atoms with E-state index in [4.69, 9.17) is 20.9 Å². The van der Waals surface area contributed by atoms with Crippen LogP contribution in [0.4, 0.5) is 5.69 Å². The van der Waals surface area contributed by atoms with Crippen LogP contribution in [0.5, 0.6) is 0 Å². The number of halogens is 1. The van der Waals surface area contributed by atoms with E-state index in [0.717, 1.165) is 23.2 Å². The molecule has 1 amide bonds. The van der Waals surface area contributed by atoms with Gasteiger partial charge < -0.3 is 14.6 Å². The Balaban J connectivity index is 1.73. The van der Waals surface area contributed by atoms with Gasteiger partial charge in [-0.2, -0.15) is 0 Å². The Kier molecular flexibility index (Phi) is 6.34. The summed E-state index contributed by atoms with van der Waals surface area (Å²) in [6.45, 7) is 5.10. The Hall–Kier alpha value is -3.12. The van der Waals surface area contributed by atoms with Crippen molar-refractivity contribution in [2.45, 2.75) is 27.2 Å². The molecule has 1 aromatic heterocycles. The van der Waals surface area contributed by atoms with Gasteiger partial charge in [-0.1, -0.05) is 60.1 Å². The number of benzene rings is 2. The number of anilines is 1. The molecule has 6 nitrogen and oxygen atoms in total. The molecule has 3 aromatic rings. The van der Waals surface area contributed by atoms with E-state index in [9.17, 15) is 9.59 Å². The molecule has 1 heterocycles. The molecule has 0 spiro atoms. The largest absolute Gasteiger partial charge is 0.452 e. The molecular formula is C22H21ClN2O4. The molecule has 0 aliphatic rings. The molecule has 29 heavy (non-hydrogen) atoms. The number of rotatable bonds is 6. The van der Waals surface area contributed by atoms with Crippen molar-refractivity contribution < 1.29 is 18.8 Å². The Labute approximate surface area is 173 Å². The van der Waals surface area contributed by atoms with Crippen LogP contribution in [0, 0.1) is 13.8 Å². The molecular weight excluding hydrogens is 392 g/mol. The molecule has 0 saturated heterocycles. The molecule has 0 unspecified atom stereocenters. The van der Waals surface area contributed by atoms with E-state index in [1.54, 1.807) is 31.2 Å². The van der Waals surface area contributed by atoms with Gasteiger partial charge in [0, 0.05) is 11.3 Å². The third kappa shape index (κ3) is 4.49. The zero-order valence-corrected chi connectivity index (χ0v) is 17.2. The van der Waals surface area contributed by atoms with Crippen molar-refractivity contribution in [3.05, 3.63) is 69.9 Å². The van der Waals surface area contributed by atoms with E-state index in [0.29, 0.717) is 10.6 Å². The summed E-state index contributed by atoms with van der Waals surface area (Å²) < 4.78 is 10.4. The third-order valence-electron chi connectivity index (χ3n) is 4.53. The number of aryl methyl sites for hydroxylation is 3. The molecule has 0 bridgehead atoms.